The van der Waals surface area contributed by atoms with Crippen LogP contribution in [0.5, 0.6) is 0 Å². The molecule has 2 amide bonds. The fraction of sp³-hybridized carbons (Fsp3) is 0.722. The van der Waals surface area contributed by atoms with Crippen LogP contribution in [0, 0.1) is 12.3 Å². The minimum absolute atomic E-state index is 0.0440. The van der Waals surface area contributed by atoms with Crippen LogP contribution in [0.2, 0.25) is 0 Å². The molecule has 3 atom stereocenters. The first-order valence-corrected chi connectivity index (χ1v) is 9.26. The van der Waals surface area contributed by atoms with Crippen molar-refractivity contribution in [2.24, 2.45) is 5.41 Å². The molecule has 3 fully saturated rings. The Labute approximate surface area is 148 Å². The molecule has 2 bridgehead atoms. The Balaban J connectivity index is 1.27. The van der Waals surface area contributed by atoms with Gasteiger partial charge in [-0.15, -0.1) is 0 Å². The van der Waals surface area contributed by atoms with Gasteiger partial charge in [0.25, 0.3) is 0 Å². The van der Waals surface area contributed by atoms with Crippen LogP contribution in [-0.2, 0) is 4.74 Å². The molecule has 7 heteroatoms. The van der Waals surface area contributed by atoms with Gasteiger partial charge in [0.2, 0.25) is 0 Å². The molecule has 0 aliphatic carbocycles. The number of carbonyl (C=O) groups excluding carboxylic acids is 1. The smallest absolute Gasteiger partial charge is 0.317 e. The fourth-order valence-corrected chi connectivity index (χ4v) is 4.35. The van der Waals surface area contributed by atoms with Crippen LogP contribution in [0.1, 0.15) is 32.0 Å². The molecule has 3 saturated heterocycles. The Morgan fingerprint density at radius 2 is 2.16 bits per heavy atom. The van der Waals surface area contributed by atoms with Crippen molar-refractivity contribution in [1.82, 2.24) is 20.2 Å². The molecule has 136 valence electrons. The molecular weight excluding hydrogens is 318 g/mol. The summed E-state index contributed by atoms with van der Waals surface area (Å²) in [6.45, 7) is 7.88. The number of anilines is 1. The molecule has 7 nitrogen and oxygen atoms in total. The first-order chi connectivity index (χ1) is 12.0. The van der Waals surface area contributed by atoms with Gasteiger partial charge in [0.1, 0.15) is 11.6 Å². The number of aryl methyl sites for hydroxylation is 1. The van der Waals surface area contributed by atoms with Crippen molar-refractivity contribution in [2.45, 2.75) is 45.3 Å². The van der Waals surface area contributed by atoms with Gasteiger partial charge in [-0.2, -0.15) is 0 Å². The van der Waals surface area contributed by atoms with Gasteiger partial charge < -0.3 is 19.9 Å². The predicted molar refractivity (Wildman–Crippen MR) is 94.6 cm³/mol. The van der Waals surface area contributed by atoms with Gasteiger partial charge in [0, 0.05) is 44.3 Å². The number of carbonyl (C=O) groups is 1. The normalized spacial score (nSPS) is 31.4. The van der Waals surface area contributed by atoms with Crippen LogP contribution >= 0.6 is 0 Å². The second-order valence-corrected chi connectivity index (χ2v) is 7.78. The zero-order valence-corrected chi connectivity index (χ0v) is 15.1. The molecule has 4 heterocycles. The zero-order chi connectivity index (χ0) is 17.4. The van der Waals surface area contributed by atoms with E-state index >= 15 is 0 Å². The van der Waals surface area contributed by atoms with Crippen LogP contribution in [0.15, 0.2) is 12.3 Å². The minimum Gasteiger partial charge on any atom is -0.374 e. The van der Waals surface area contributed by atoms with Crippen LogP contribution in [0.25, 0.3) is 0 Å². The molecule has 1 aromatic heterocycles. The lowest BCUT2D eigenvalue weighted by molar-refractivity contribution is 0.0674. The van der Waals surface area contributed by atoms with E-state index in [-0.39, 0.29) is 11.4 Å². The Bertz CT molecular complexity index is 646. The highest BCUT2D eigenvalue weighted by Crippen LogP contribution is 2.47. The molecule has 0 radical (unpaired) electrons. The van der Waals surface area contributed by atoms with Gasteiger partial charge >= 0.3 is 6.03 Å². The number of urea groups is 1. The average Bonchev–Trinajstić information content (AvgIpc) is 3.21. The average molecular weight is 345 g/mol. The summed E-state index contributed by atoms with van der Waals surface area (Å²) in [4.78, 5) is 25.3. The lowest BCUT2D eigenvalue weighted by Crippen LogP contribution is -2.53. The second-order valence-electron chi connectivity index (χ2n) is 7.78. The maximum absolute atomic E-state index is 12.5. The van der Waals surface area contributed by atoms with Gasteiger partial charge in [-0.3, -0.25) is 0 Å². The van der Waals surface area contributed by atoms with E-state index in [1.165, 1.54) is 6.42 Å². The monoisotopic (exact) mass is 345 g/mol. The molecule has 3 unspecified atom stereocenters. The molecule has 1 aromatic rings. The maximum atomic E-state index is 12.5. The molecule has 0 saturated carbocycles. The van der Waals surface area contributed by atoms with Crippen molar-refractivity contribution in [3.63, 3.8) is 0 Å². The third-order valence-corrected chi connectivity index (χ3v) is 5.87. The summed E-state index contributed by atoms with van der Waals surface area (Å²) in [5.74, 6) is 1.72. The van der Waals surface area contributed by atoms with E-state index in [4.69, 9.17) is 4.74 Å². The highest BCUT2D eigenvalue weighted by molar-refractivity contribution is 5.74. The van der Waals surface area contributed by atoms with E-state index in [1.807, 2.05) is 17.9 Å². The Kier molecular flexibility index (Phi) is 4.27. The number of nitrogens with one attached hydrogen (secondary N) is 1. The summed E-state index contributed by atoms with van der Waals surface area (Å²) in [6.07, 6.45) is 5.89. The molecule has 0 aromatic carbocycles. The summed E-state index contributed by atoms with van der Waals surface area (Å²) in [6, 6.07) is 1.97. The first kappa shape index (κ1) is 16.6. The Morgan fingerprint density at radius 3 is 2.80 bits per heavy atom. The quantitative estimate of drug-likeness (QED) is 0.900. The fourth-order valence-electron chi connectivity index (χ4n) is 4.35. The summed E-state index contributed by atoms with van der Waals surface area (Å²) in [5.41, 5.74) is 0.0961. The van der Waals surface area contributed by atoms with Crippen molar-refractivity contribution in [3.8, 4) is 0 Å². The largest absolute Gasteiger partial charge is 0.374 e. The summed E-state index contributed by atoms with van der Waals surface area (Å²) >= 11 is 0. The standard InChI is InChI=1S/C18H27N5O2/c1-13-19-6-5-16(21-13)22-7-9-23(10-8-22)17(24)20-12-18(2)11-14-3-4-15(18)25-14/h5-6,14-15H,3-4,7-12H2,1-2H3,(H,20,24). The van der Waals surface area contributed by atoms with Crippen molar-refractivity contribution in [1.29, 1.82) is 0 Å². The summed E-state index contributed by atoms with van der Waals surface area (Å²) in [7, 11) is 0. The van der Waals surface area contributed by atoms with Gasteiger partial charge in [0.15, 0.2) is 0 Å². The number of hydrogen-bond donors (Lipinski definition) is 1. The van der Waals surface area contributed by atoms with Crippen molar-refractivity contribution in [3.05, 3.63) is 18.1 Å². The third kappa shape index (κ3) is 3.29. The van der Waals surface area contributed by atoms with E-state index in [2.05, 4.69) is 27.1 Å². The van der Waals surface area contributed by atoms with Crippen molar-refractivity contribution >= 4 is 11.8 Å². The third-order valence-electron chi connectivity index (χ3n) is 5.87. The van der Waals surface area contributed by atoms with E-state index in [1.54, 1.807) is 6.20 Å². The molecule has 0 spiro atoms. The SMILES string of the molecule is Cc1nccc(N2CCN(C(=O)NCC3(C)CC4CCC3O4)CC2)n1. The molecule has 1 N–H and O–H groups in total. The van der Waals surface area contributed by atoms with E-state index < -0.39 is 0 Å². The first-order valence-electron chi connectivity index (χ1n) is 9.26. The van der Waals surface area contributed by atoms with Crippen molar-refractivity contribution < 1.29 is 9.53 Å². The number of rotatable bonds is 3. The van der Waals surface area contributed by atoms with E-state index in [9.17, 15) is 4.79 Å². The number of hydrogen-bond acceptors (Lipinski definition) is 5. The van der Waals surface area contributed by atoms with Gasteiger partial charge in [-0.05, 0) is 32.3 Å². The van der Waals surface area contributed by atoms with Crippen LogP contribution < -0.4 is 10.2 Å². The molecule has 4 rings (SSSR count). The van der Waals surface area contributed by atoms with Crippen molar-refractivity contribution in [2.75, 3.05) is 37.6 Å². The molecule has 25 heavy (non-hydrogen) atoms. The number of nitrogens with zero attached hydrogens (tertiary/aromatic N) is 4. The van der Waals surface area contributed by atoms with Crippen LogP contribution in [0.3, 0.4) is 0 Å². The summed E-state index contributed by atoms with van der Waals surface area (Å²) < 4.78 is 5.95. The lowest BCUT2D eigenvalue weighted by Gasteiger charge is -2.37. The highest BCUT2D eigenvalue weighted by atomic mass is 16.5. The maximum Gasteiger partial charge on any atom is 0.317 e. The topological polar surface area (TPSA) is 70.6 Å². The summed E-state index contributed by atoms with van der Waals surface area (Å²) in [5, 5.41) is 3.15. The zero-order valence-electron chi connectivity index (χ0n) is 15.1. The lowest BCUT2D eigenvalue weighted by atomic mass is 9.75. The Morgan fingerprint density at radius 1 is 1.36 bits per heavy atom. The van der Waals surface area contributed by atoms with Crippen LogP contribution in [0.4, 0.5) is 10.6 Å². The highest BCUT2D eigenvalue weighted by Gasteiger charge is 2.49. The van der Waals surface area contributed by atoms with Crippen LogP contribution in [-0.4, -0.2) is 65.8 Å². The molecule has 3 aliphatic heterocycles. The minimum atomic E-state index is 0.0440. The van der Waals surface area contributed by atoms with E-state index in [0.29, 0.717) is 31.8 Å². The van der Waals surface area contributed by atoms with Gasteiger partial charge in [-0.25, -0.2) is 14.8 Å². The Hall–Kier alpha value is -1.89. The number of fused-ring (bicyclic) bond motifs is 2. The van der Waals surface area contributed by atoms with E-state index in [0.717, 1.165) is 37.6 Å². The van der Waals surface area contributed by atoms with Gasteiger partial charge in [0.05, 0.1) is 12.2 Å². The number of amides is 2. The molecular formula is C18H27N5O2. The molecule has 3 aliphatic rings. The number of aromatic nitrogens is 2. The number of piperazine rings is 1. The second kappa shape index (κ2) is 6.44. The van der Waals surface area contributed by atoms with Gasteiger partial charge in [-0.1, -0.05) is 6.92 Å². The predicted octanol–water partition coefficient (Wildman–Crippen LogP) is 1.57. The number of ether oxygens (including phenoxy) is 1.